The Morgan fingerprint density at radius 3 is 2.51 bits per heavy atom. The normalized spacial score (nSPS) is 15.7. The van der Waals surface area contributed by atoms with Crippen LogP contribution in [-0.4, -0.2) is 10.5 Å². The van der Waals surface area contributed by atoms with E-state index < -0.39 is 17.4 Å². The van der Waals surface area contributed by atoms with Crippen LogP contribution in [0.15, 0.2) is 74.2 Å². The summed E-state index contributed by atoms with van der Waals surface area (Å²) in [6.07, 6.45) is 4.55. The monoisotopic (exact) mass is 484 g/mol. The first-order valence-electron chi connectivity index (χ1n) is 10.7. The van der Waals surface area contributed by atoms with Crippen molar-refractivity contribution in [2.24, 2.45) is 5.73 Å². The standard InChI is InChI=1S/C26H20N4O4S/c1-14-9-15(2)11-16(10-14)29-24(31)22-21(19-6-4-8-34-19)18(13-27)23(28)30-25(32)20(35-26(22)30)12-17-5-3-7-33-17/h3-12,21H,28H2,1-2H3,(H,29,31)/b20-12-. The second-order valence-electron chi connectivity index (χ2n) is 8.18. The van der Waals surface area contributed by atoms with Gasteiger partial charge in [-0.3, -0.25) is 14.2 Å². The topological polar surface area (TPSA) is 127 Å². The largest absolute Gasteiger partial charge is 0.468 e. The van der Waals surface area contributed by atoms with E-state index in [4.69, 9.17) is 14.6 Å². The van der Waals surface area contributed by atoms with E-state index in [0.717, 1.165) is 22.5 Å². The highest BCUT2D eigenvalue weighted by molar-refractivity contribution is 7.07. The summed E-state index contributed by atoms with van der Waals surface area (Å²) in [4.78, 5) is 27.1. The molecule has 174 valence electrons. The fourth-order valence-electron chi connectivity index (χ4n) is 4.26. The molecule has 3 aromatic heterocycles. The van der Waals surface area contributed by atoms with E-state index in [1.807, 2.05) is 32.0 Å². The molecule has 4 aromatic rings. The lowest BCUT2D eigenvalue weighted by Crippen LogP contribution is -2.40. The number of aromatic nitrogens is 1. The molecular weight excluding hydrogens is 464 g/mol. The average molecular weight is 485 g/mol. The van der Waals surface area contributed by atoms with Gasteiger partial charge < -0.3 is 19.9 Å². The predicted octanol–water partition coefficient (Wildman–Crippen LogP) is 2.78. The maximum atomic E-state index is 13.8. The van der Waals surface area contributed by atoms with Gasteiger partial charge in [-0.25, -0.2) is 0 Å². The Kier molecular flexibility index (Phi) is 5.51. The van der Waals surface area contributed by atoms with Crippen molar-refractivity contribution in [2.75, 3.05) is 5.32 Å². The van der Waals surface area contributed by atoms with Gasteiger partial charge in [-0.1, -0.05) is 6.07 Å². The number of anilines is 1. The molecule has 0 radical (unpaired) electrons. The number of hydrogen-bond acceptors (Lipinski definition) is 7. The summed E-state index contributed by atoms with van der Waals surface area (Å²) in [7, 11) is 0. The summed E-state index contributed by atoms with van der Waals surface area (Å²) in [5.41, 5.74) is 8.74. The van der Waals surface area contributed by atoms with Gasteiger partial charge in [-0.05, 0) is 61.4 Å². The van der Waals surface area contributed by atoms with Gasteiger partial charge in [-0.15, -0.1) is 11.3 Å². The number of nitrogens with two attached hydrogens (primary N) is 1. The summed E-state index contributed by atoms with van der Waals surface area (Å²) in [5, 5.41) is 12.9. The van der Waals surface area contributed by atoms with E-state index in [1.165, 1.54) is 17.1 Å². The minimum atomic E-state index is -0.879. The van der Waals surface area contributed by atoms with Gasteiger partial charge in [-0.2, -0.15) is 5.26 Å². The van der Waals surface area contributed by atoms with Crippen molar-refractivity contribution in [3.05, 3.63) is 103 Å². The first-order chi connectivity index (χ1) is 16.9. The minimum absolute atomic E-state index is 0.0350. The van der Waals surface area contributed by atoms with Crippen LogP contribution in [0.2, 0.25) is 0 Å². The molecule has 1 unspecified atom stereocenters. The van der Waals surface area contributed by atoms with Crippen LogP contribution >= 0.6 is 11.3 Å². The van der Waals surface area contributed by atoms with E-state index in [-0.39, 0.29) is 17.0 Å². The number of carbonyl (C=O) groups is 1. The van der Waals surface area contributed by atoms with E-state index in [9.17, 15) is 14.9 Å². The molecule has 1 aliphatic heterocycles. The van der Waals surface area contributed by atoms with Gasteiger partial charge in [0.15, 0.2) is 0 Å². The lowest BCUT2D eigenvalue weighted by molar-refractivity contribution is -0.111. The summed E-state index contributed by atoms with van der Waals surface area (Å²) in [6, 6.07) is 14.6. The van der Waals surface area contributed by atoms with Crippen molar-refractivity contribution in [3.63, 3.8) is 0 Å². The van der Waals surface area contributed by atoms with Crippen LogP contribution < -0.4 is 25.8 Å². The van der Waals surface area contributed by atoms with Gasteiger partial charge in [0.1, 0.15) is 22.0 Å². The third-order valence-corrected chi connectivity index (χ3v) is 6.75. The fraction of sp³-hybridized carbons (Fsp3) is 0.115. The van der Waals surface area contributed by atoms with Gasteiger partial charge in [0.05, 0.1) is 40.2 Å². The maximum Gasteiger partial charge on any atom is 0.274 e. The number of hydrogen-bond donors (Lipinski definition) is 2. The summed E-state index contributed by atoms with van der Waals surface area (Å²) >= 11 is 1.10. The second-order valence-corrected chi connectivity index (χ2v) is 9.21. The molecule has 0 spiro atoms. The summed E-state index contributed by atoms with van der Waals surface area (Å²) in [6.45, 7) is 3.87. The number of nitrogens with one attached hydrogen (secondary N) is 1. The van der Waals surface area contributed by atoms with Crippen molar-refractivity contribution in [3.8, 4) is 6.07 Å². The smallest absolute Gasteiger partial charge is 0.274 e. The SMILES string of the molecule is Cc1cc(C)cc(NC(=O)C2=c3s/c(=C\c4ccco4)c(=O)n3C(N)=C(C#N)C2c2ccco2)c1. The van der Waals surface area contributed by atoms with Crippen molar-refractivity contribution < 1.29 is 13.6 Å². The van der Waals surface area contributed by atoms with Crippen molar-refractivity contribution in [1.29, 1.82) is 5.26 Å². The molecule has 1 atom stereocenters. The van der Waals surface area contributed by atoms with Gasteiger partial charge in [0.25, 0.3) is 11.5 Å². The number of nitrogens with zero attached hydrogens (tertiary/aromatic N) is 2. The molecule has 35 heavy (non-hydrogen) atoms. The lowest BCUT2D eigenvalue weighted by Gasteiger charge is -2.23. The number of rotatable bonds is 4. The van der Waals surface area contributed by atoms with E-state index in [1.54, 1.807) is 30.3 Å². The molecule has 1 amide bonds. The fourth-order valence-corrected chi connectivity index (χ4v) is 5.41. The Balaban J connectivity index is 1.79. The molecule has 5 rings (SSSR count). The quantitative estimate of drug-likeness (QED) is 0.459. The molecule has 0 bridgehead atoms. The van der Waals surface area contributed by atoms with E-state index in [2.05, 4.69) is 11.4 Å². The molecule has 1 aromatic carbocycles. The number of benzene rings is 1. The predicted molar refractivity (Wildman–Crippen MR) is 133 cm³/mol. The molecule has 3 N–H and O–H groups in total. The number of aryl methyl sites for hydroxylation is 2. The third kappa shape index (κ3) is 3.90. The highest BCUT2D eigenvalue weighted by Crippen LogP contribution is 2.36. The van der Waals surface area contributed by atoms with Crippen LogP contribution in [0.3, 0.4) is 0 Å². The van der Waals surface area contributed by atoms with E-state index >= 15 is 0 Å². The van der Waals surface area contributed by atoms with Gasteiger partial charge in [0, 0.05) is 11.8 Å². The van der Waals surface area contributed by atoms with Crippen LogP contribution in [0.5, 0.6) is 0 Å². The molecule has 0 saturated carbocycles. The Morgan fingerprint density at radius 2 is 1.89 bits per heavy atom. The maximum absolute atomic E-state index is 13.8. The van der Waals surface area contributed by atoms with Crippen LogP contribution in [-0.2, 0) is 4.79 Å². The highest BCUT2D eigenvalue weighted by Gasteiger charge is 2.37. The first kappa shape index (κ1) is 22.3. The molecule has 0 saturated heterocycles. The molecule has 9 heteroatoms. The zero-order valence-electron chi connectivity index (χ0n) is 18.9. The first-order valence-corrected chi connectivity index (χ1v) is 11.5. The number of fused-ring (bicyclic) bond motifs is 1. The second kappa shape index (κ2) is 8.66. The zero-order chi connectivity index (χ0) is 24.7. The zero-order valence-corrected chi connectivity index (χ0v) is 19.7. The van der Waals surface area contributed by atoms with Crippen LogP contribution in [0.25, 0.3) is 17.5 Å². The molecule has 0 aliphatic carbocycles. The third-order valence-electron chi connectivity index (χ3n) is 5.64. The number of amides is 1. The van der Waals surface area contributed by atoms with Gasteiger partial charge >= 0.3 is 0 Å². The van der Waals surface area contributed by atoms with Crippen molar-refractivity contribution in [2.45, 2.75) is 19.8 Å². The Morgan fingerprint density at radius 1 is 1.17 bits per heavy atom. The minimum Gasteiger partial charge on any atom is -0.468 e. The van der Waals surface area contributed by atoms with Crippen LogP contribution in [0.4, 0.5) is 5.69 Å². The molecule has 1 aliphatic rings. The average Bonchev–Trinajstić information content (AvgIpc) is 3.56. The molecule has 8 nitrogen and oxygen atoms in total. The number of nitriles is 1. The Hall–Kier alpha value is -4.55. The lowest BCUT2D eigenvalue weighted by atomic mass is 9.87. The van der Waals surface area contributed by atoms with Gasteiger partial charge in [0.2, 0.25) is 0 Å². The molecular formula is C26H20N4O4S. The number of allylic oxidation sites excluding steroid dienone is 1. The number of thiazole rings is 1. The molecule has 0 fully saturated rings. The number of carbonyl (C=O) groups excluding carboxylic acids is 1. The molecule has 4 heterocycles. The summed E-state index contributed by atoms with van der Waals surface area (Å²) in [5.74, 6) is -0.522. The Labute approximate surface area is 203 Å². The van der Waals surface area contributed by atoms with Crippen molar-refractivity contribution >= 4 is 40.4 Å². The Bertz CT molecular complexity index is 1680. The van der Waals surface area contributed by atoms with Crippen LogP contribution in [0.1, 0.15) is 28.6 Å². The highest BCUT2D eigenvalue weighted by atomic mass is 32.1. The van der Waals surface area contributed by atoms with Crippen molar-refractivity contribution in [1.82, 2.24) is 4.57 Å². The van der Waals surface area contributed by atoms with Crippen LogP contribution in [0, 0.1) is 25.2 Å². The number of furan rings is 2. The summed E-state index contributed by atoms with van der Waals surface area (Å²) < 4.78 is 12.8. The van der Waals surface area contributed by atoms with E-state index in [0.29, 0.717) is 26.4 Å².